The Morgan fingerprint density at radius 3 is 2.10 bits per heavy atom. The molecule has 2 nitrogen and oxygen atoms in total. The molecule has 0 aliphatic heterocycles. The van der Waals surface area contributed by atoms with E-state index in [1.54, 1.807) is 0 Å². The largest absolute Gasteiger partial charge is 0.285 e. The monoisotopic (exact) mass is 564 g/mol. The van der Waals surface area contributed by atoms with Crippen molar-refractivity contribution in [3.63, 3.8) is 0 Å². The zero-order valence-electron chi connectivity index (χ0n) is 17.4. The molecule has 3 aromatic rings. The fourth-order valence-corrected chi connectivity index (χ4v) is 3.49. The molecule has 0 unspecified atom stereocenters. The first-order valence-corrected chi connectivity index (χ1v) is 10.8. The molecule has 0 bridgehead atoms. The fourth-order valence-electron chi connectivity index (χ4n) is 3.49. The molecule has 1 heterocycles. The van der Waals surface area contributed by atoms with Crippen LogP contribution in [0.2, 0.25) is 0 Å². The van der Waals surface area contributed by atoms with Crippen molar-refractivity contribution in [1.29, 1.82) is 0 Å². The molecule has 1 radical (unpaired) electrons. The van der Waals surface area contributed by atoms with Gasteiger partial charge in [0.15, 0.2) is 0 Å². The Kier molecular flexibility index (Phi) is 10.8. The van der Waals surface area contributed by atoms with Crippen molar-refractivity contribution in [2.45, 2.75) is 64.7 Å². The molecule has 0 saturated heterocycles. The van der Waals surface area contributed by atoms with Crippen molar-refractivity contribution in [1.82, 2.24) is 9.97 Å². The van der Waals surface area contributed by atoms with Crippen LogP contribution in [0.25, 0.3) is 22.5 Å². The first kappa shape index (κ1) is 23.4. The normalized spacial score (nSPS) is 10.5. The number of unbranched alkanes of at least 4 members (excludes halogenated alkanes) is 7. The third-order valence-electron chi connectivity index (χ3n) is 5.17. The van der Waals surface area contributed by atoms with E-state index in [-0.39, 0.29) is 20.1 Å². The van der Waals surface area contributed by atoms with Crippen molar-refractivity contribution in [2.75, 3.05) is 0 Å². The topological polar surface area (TPSA) is 25.8 Å². The molecule has 29 heavy (non-hydrogen) atoms. The molecule has 0 spiro atoms. The molecule has 0 aliphatic rings. The summed E-state index contributed by atoms with van der Waals surface area (Å²) in [4.78, 5) is 9.18. The Balaban J connectivity index is 0.00000300. The number of aryl methyl sites for hydroxylation is 1. The Morgan fingerprint density at radius 1 is 0.759 bits per heavy atom. The van der Waals surface area contributed by atoms with Gasteiger partial charge in [-0.25, -0.2) is 0 Å². The van der Waals surface area contributed by atoms with Crippen molar-refractivity contribution >= 4 is 0 Å². The maximum atomic E-state index is 4.59. The van der Waals surface area contributed by atoms with Gasteiger partial charge in [0.1, 0.15) is 0 Å². The first-order valence-electron chi connectivity index (χ1n) is 10.8. The average molecular weight is 564 g/mol. The Hall–Kier alpha value is -1.83. The van der Waals surface area contributed by atoms with Crippen LogP contribution in [0.4, 0.5) is 0 Å². The molecule has 0 saturated carbocycles. The zero-order valence-corrected chi connectivity index (χ0v) is 19.8. The standard InChI is InChI=1S/C26H31N2.Ir/c1-2-3-4-5-6-7-8-10-14-22-20-27-26(28-21-22)25-18-13-17-24(19-25)23-15-11-9-12-16-23;/h9,11-13,15-17,19-21H,2-8,10,14H2,1H3;/q-1;. The van der Waals surface area contributed by atoms with Crippen LogP contribution in [0.15, 0.2) is 60.9 Å². The summed E-state index contributed by atoms with van der Waals surface area (Å²) in [6.07, 6.45) is 15.8. The molecule has 1 aromatic heterocycles. The third-order valence-corrected chi connectivity index (χ3v) is 5.17. The fraction of sp³-hybridized carbons (Fsp3) is 0.385. The van der Waals surface area contributed by atoms with E-state index >= 15 is 0 Å². The average Bonchev–Trinajstić information content (AvgIpc) is 2.77. The quantitative estimate of drug-likeness (QED) is 0.181. The van der Waals surface area contributed by atoms with E-state index in [4.69, 9.17) is 0 Å². The molecule has 155 valence electrons. The number of aromatic nitrogens is 2. The van der Waals surface area contributed by atoms with Gasteiger partial charge in [-0.15, -0.1) is 35.4 Å². The maximum absolute atomic E-state index is 4.59. The molecular weight excluding hydrogens is 533 g/mol. The molecule has 0 N–H and O–H groups in total. The molecule has 0 atom stereocenters. The van der Waals surface area contributed by atoms with Gasteiger partial charge >= 0.3 is 0 Å². The van der Waals surface area contributed by atoms with E-state index in [1.165, 1.54) is 68.1 Å². The molecule has 0 aliphatic carbocycles. The summed E-state index contributed by atoms with van der Waals surface area (Å²) in [5, 5.41) is 0. The van der Waals surface area contributed by atoms with E-state index in [9.17, 15) is 0 Å². The van der Waals surface area contributed by atoms with Crippen LogP contribution in [0.3, 0.4) is 0 Å². The van der Waals surface area contributed by atoms with Crippen LogP contribution in [0.1, 0.15) is 63.9 Å². The Labute approximate surface area is 189 Å². The second-order valence-electron chi connectivity index (χ2n) is 7.50. The minimum Gasteiger partial charge on any atom is -0.285 e. The second-order valence-corrected chi connectivity index (χ2v) is 7.50. The summed E-state index contributed by atoms with van der Waals surface area (Å²) in [5.41, 5.74) is 4.54. The minimum atomic E-state index is 0. The summed E-state index contributed by atoms with van der Waals surface area (Å²) in [7, 11) is 0. The van der Waals surface area contributed by atoms with Crippen LogP contribution in [0, 0.1) is 6.07 Å². The number of rotatable bonds is 11. The Morgan fingerprint density at radius 2 is 1.41 bits per heavy atom. The summed E-state index contributed by atoms with van der Waals surface area (Å²) in [6, 6.07) is 19.8. The van der Waals surface area contributed by atoms with Gasteiger partial charge in [-0.05, 0) is 24.0 Å². The van der Waals surface area contributed by atoms with Gasteiger partial charge in [-0.2, -0.15) is 0 Å². The van der Waals surface area contributed by atoms with E-state index < -0.39 is 0 Å². The molecule has 3 heteroatoms. The van der Waals surface area contributed by atoms with Gasteiger partial charge in [0.2, 0.25) is 0 Å². The van der Waals surface area contributed by atoms with Crippen molar-refractivity contribution in [2.24, 2.45) is 0 Å². The maximum Gasteiger partial charge on any atom is 0.0748 e. The number of hydrogen-bond acceptors (Lipinski definition) is 2. The second kappa shape index (κ2) is 13.4. The summed E-state index contributed by atoms with van der Waals surface area (Å²) in [6.45, 7) is 2.27. The van der Waals surface area contributed by atoms with Gasteiger partial charge in [0, 0.05) is 32.5 Å². The van der Waals surface area contributed by atoms with Gasteiger partial charge in [0.05, 0.1) is 5.82 Å². The van der Waals surface area contributed by atoms with Gasteiger partial charge in [-0.3, -0.25) is 9.97 Å². The van der Waals surface area contributed by atoms with Crippen LogP contribution in [0.5, 0.6) is 0 Å². The van der Waals surface area contributed by atoms with E-state index in [1.807, 2.05) is 24.5 Å². The zero-order chi connectivity index (χ0) is 19.4. The number of hydrogen-bond donors (Lipinski definition) is 0. The van der Waals surface area contributed by atoms with Crippen LogP contribution in [-0.2, 0) is 26.5 Å². The van der Waals surface area contributed by atoms with E-state index in [0.29, 0.717) is 0 Å². The van der Waals surface area contributed by atoms with Crippen LogP contribution >= 0.6 is 0 Å². The molecule has 0 amide bonds. The summed E-state index contributed by atoms with van der Waals surface area (Å²) in [5.74, 6) is 0.748. The SMILES string of the molecule is CCCCCCCCCCc1cnc(-c2[c-]ccc(-c3ccccc3)c2)nc1.[Ir]. The van der Waals surface area contributed by atoms with Crippen molar-refractivity contribution in [3.8, 4) is 22.5 Å². The smallest absolute Gasteiger partial charge is 0.0748 e. The summed E-state index contributed by atoms with van der Waals surface area (Å²) < 4.78 is 0. The van der Waals surface area contributed by atoms with Crippen LogP contribution < -0.4 is 0 Å². The molecule has 3 rings (SSSR count). The van der Waals surface area contributed by atoms with Gasteiger partial charge in [0.25, 0.3) is 0 Å². The van der Waals surface area contributed by atoms with Crippen LogP contribution in [-0.4, -0.2) is 9.97 Å². The predicted molar refractivity (Wildman–Crippen MR) is 118 cm³/mol. The van der Waals surface area contributed by atoms with Crippen molar-refractivity contribution < 1.29 is 20.1 Å². The predicted octanol–water partition coefficient (Wildman–Crippen LogP) is 7.29. The summed E-state index contributed by atoms with van der Waals surface area (Å²) >= 11 is 0. The Bertz CT molecular complexity index is 816. The number of nitrogens with zero attached hydrogens (tertiary/aromatic N) is 2. The van der Waals surface area contributed by atoms with E-state index in [2.05, 4.69) is 59.4 Å². The van der Waals surface area contributed by atoms with Gasteiger partial charge in [-0.1, -0.05) is 82.2 Å². The third kappa shape index (κ3) is 7.84. The van der Waals surface area contributed by atoms with Gasteiger partial charge < -0.3 is 0 Å². The minimum absolute atomic E-state index is 0. The van der Waals surface area contributed by atoms with E-state index in [0.717, 1.165) is 17.8 Å². The van der Waals surface area contributed by atoms with Crippen molar-refractivity contribution in [3.05, 3.63) is 72.6 Å². The number of benzene rings is 2. The molecule has 0 fully saturated rings. The first-order chi connectivity index (χ1) is 13.9. The molecule has 2 aromatic carbocycles. The molecular formula is C26H31IrN2-.